The normalized spacial score (nSPS) is 18.4. The lowest BCUT2D eigenvalue weighted by atomic mass is 9.76. The molecule has 3 N–H and O–H groups in total. The van der Waals surface area contributed by atoms with Crippen LogP contribution in [0, 0.1) is 5.41 Å². The largest absolute Gasteiger partial charge is 0.342 e. The van der Waals surface area contributed by atoms with Crippen molar-refractivity contribution in [3.8, 4) is 0 Å². The number of hydrogen-bond donors (Lipinski definition) is 4. The van der Waals surface area contributed by atoms with Gasteiger partial charge < -0.3 is 15.5 Å². The van der Waals surface area contributed by atoms with Crippen LogP contribution in [0.4, 0.5) is 0 Å². The van der Waals surface area contributed by atoms with E-state index in [2.05, 4.69) is 28.0 Å². The minimum atomic E-state index is -3.77. The van der Waals surface area contributed by atoms with Crippen molar-refractivity contribution < 1.29 is 22.8 Å². The molecule has 1 aromatic carbocycles. The van der Waals surface area contributed by atoms with Crippen LogP contribution >= 0.6 is 12.6 Å². The first-order chi connectivity index (χ1) is 19.0. The van der Waals surface area contributed by atoms with Gasteiger partial charge in [-0.2, -0.15) is 12.6 Å². The number of sulfonamides is 1. The zero-order valence-electron chi connectivity index (χ0n) is 25.5. The van der Waals surface area contributed by atoms with Gasteiger partial charge in [-0.25, -0.2) is 13.1 Å². The molecule has 11 heteroatoms. The molecule has 9 nitrogen and oxygen atoms in total. The summed E-state index contributed by atoms with van der Waals surface area (Å²) in [5.74, 6) is -1.00. The van der Waals surface area contributed by atoms with Crippen molar-refractivity contribution in [2.75, 3.05) is 25.1 Å². The highest BCUT2D eigenvalue weighted by atomic mass is 32.2. The molecule has 1 saturated heterocycles. The van der Waals surface area contributed by atoms with Crippen molar-refractivity contribution in [1.82, 2.24) is 20.3 Å². The lowest BCUT2D eigenvalue weighted by molar-refractivity contribution is -0.142. The number of thiol groups is 1. The van der Waals surface area contributed by atoms with Gasteiger partial charge in [0.1, 0.15) is 6.04 Å². The molecule has 1 aromatic rings. The fourth-order valence-corrected chi connectivity index (χ4v) is 6.63. The Morgan fingerprint density at radius 3 is 2.27 bits per heavy atom. The predicted octanol–water partition coefficient (Wildman–Crippen LogP) is 3.18. The van der Waals surface area contributed by atoms with Gasteiger partial charge in [0.15, 0.2) is 0 Å². The van der Waals surface area contributed by atoms with E-state index >= 15 is 0 Å². The summed E-state index contributed by atoms with van der Waals surface area (Å²) in [5.41, 5.74) is 0.0666. The number of carbonyl (C=O) groups excluding carboxylic acids is 3. The molecule has 1 heterocycles. The molecule has 1 unspecified atom stereocenters. The van der Waals surface area contributed by atoms with Gasteiger partial charge >= 0.3 is 0 Å². The molecule has 0 bridgehead atoms. The van der Waals surface area contributed by atoms with Crippen molar-refractivity contribution in [3.63, 3.8) is 0 Å². The molecule has 3 atom stereocenters. The smallest absolute Gasteiger partial charge is 0.260 e. The molecule has 0 spiro atoms. The number of piperidine rings is 1. The molecule has 0 aliphatic carbocycles. The minimum Gasteiger partial charge on any atom is -0.342 e. The first kappa shape index (κ1) is 34.8. The third kappa shape index (κ3) is 9.58. The molecule has 1 fully saturated rings. The van der Waals surface area contributed by atoms with E-state index in [0.717, 1.165) is 18.4 Å². The van der Waals surface area contributed by atoms with E-state index in [0.29, 0.717) is 25.1 Å². The van der Waals surface area contributed by atoms with E-state index in [1.54, 1.807) is 24.9 Å². The summed E-state index contributed by atoms with van der Waals surface area (Å²) in [5, 5.41) is 6.20. The molecule has 1 aliphatic heterocycles. The zero-order chi connectivity index (χ0) is 31.0. The first-order valence-corrected chi connectivity index (χ1v) is 16.5. The quantitative estimate of drug-likeness (QED) is 0.214. The Balaban J connectivity index is 2.29. The molecule has 2 rings (SSSR count). The standard InChI is InChI=1S/C30H48N4O5S2/c1-21(26(35)33-41(38,39)19-13-18-40)20-23-16-11-12-17-34(23)28(37)25(29(2,3)4)32-27(36)24(31-7)30(5,6)22-14-9-8-10-15-22/h8-10,14-15,20,23-25,31,40H,11-13,16-19H2,1-7H3,(H,32,36)(H,33,35)/b21-20+/t23?,24-,25-/m1/s1. The molecule has 1 aliphatic rings. The molecule has 0 saturated carbocycles. The van der Waals surface area contributed by atoms with Gasteiger partial charge in [0, 0.05) is 17.5 Å². The Bertz CT molecular complexity index is 1190. The summed E-state index contributed by atoms with van der Waals surface area (Å²) in [6, 6.07) is 7.96. The molecule has 41 heavy (non-hydrogen) atoms. The predicted molar refractivity (Wildman–Crippen MR) is 167 cm³/mol. The number of rotatable bonds is 12. The van der Waals surface area contributed by atoms with Crippen molar-refractivity contribution in [1.29, 1.82) is 0 Å². The van der Waals surface area contributed by atoms with Crippen molar-refractivity contribution in [3.05, 3.63) is 47.5 Å². The maximum absolute atomic E-state index is 14.1. The Kier molecular flexibility index (Phi) is 12.5. The van der Waals surface area contributed by atoms with E-state index in [4.69, 9.17) is 0 Å². The Labute approximate surface area is 251 Å². The maximum atomic E-state index is 14.1. The number of nitrogens with one attached hydrogen (secondary N) is 3. The Hall–Kier alpha value is -2.37. The van der Waals surface area contributed by atoms with E-state index in [-0.39, 0.29) is 23.1 Å². The minimum absolute atomic E-state index is 0.189. The molecule has 0 aromatic heterocycles. The number of hydrogen-bond acceptors (Lipinski definition) is 7. The SMILES string of the molecule is CN[C@H](C(=O)N[C@H](C(=O)N1CCCCC1/C=C(\C)C(=O)NS(=O)(=O)CCCS)C(C)(C)C)C(C)(C)c1ccccc1. The second kappa shape index (κ2) is 14.7. The molecule has 230 valence electrons. The average molecular weight is 609 g/mol. The van der Waals surface area contributed by atoms with Gasteiger partial charge in [0.25, 0.3) is 5.91 Å². The van der Waals surface area contributed by atoms with E-state index in [9.17, 15) is 22.8 Å². The van der Waals surface area contributed by atoms with Crippen molar-refractivity contribution >= 4 is 40.4 Å². The highest BCUT2D eigenvalue weighted by Crippen LogP contribution is 2.30. The molecule has 0 radical (unpaired) electrons. The maximum Gasteiger partial charge on any atom is 0.260 e. The van der Waals surface area contributed by atoms with Crippen molar-refractivity contribution in [2.24, 2.45) is 5.41 Å². The average Bonchev–Trinajstić information content (AvgIpc) is 2.90. The number of likely N-dealkylation sites (tertiary alicyclic amines) is 1. The fourth-order valence-electron chi connectivity index (χ4n) is 5.19. The fraction of sp³-hybridized carbons (Fsp3) is 0.633. The van der Waals surface area contributed by atoms with Gasteiger partial charge in [0.05, 0.1) is 17.8 Å². The van der Waals surface area contributed by atoms with Crippen LogP contribution in [0.5, 0.6) is 0 Å². The second-order valence-electron chi connectivity index (χ2n) is 12.4. The summed E-state index contributed by atoms with van der Waals surface area (Å²) >= 11 is 4.03. The highest BCUT2D eigenvalue weighted by molar-refractivity contribution is 7.90. The van der Waals surface area contributed by atoms with Crippen LogP contribution in [0.25, 0.3) is 0 Å². The summed E-state index contributed by atoms with van der Waals surface area (Å²) in [6.07, 6.45) is 4.28. The lowest BCUT2D eigenvalue weighted by Crippen LogP contribution is -2.62. The van der Waals surface area contributed by atoms with Gasteiger partial charge in [-0.3, -0.25) is 14.4 Å². The monoisotopic (exact) mass is 608 g/mol. The number of amides is 3. The molecular weight excluding hydrogens is 560 g/mol. The zero-order valence-corrected chi connectivity index (χ0v) is 27.2. The van der Waals surface area contributed by atoms with Crippen molar-refractivity contribution in [2.45, 2.75) is 90.8 Å². The van der Waals surface area contributed by atoms with Gasteiger partial charge in [-0.1, -0.05) is 71.0 Å². The van der Waals surface area contributed by atoms with Gasteiger partial charge in [-0.05, 0) is 56.4 Å². The van der Waals surface area contributed by atoms with Gasteiger partial charge in [-0.15, -0.1) is 0 Å². The first-order valence-electron chi connectivity index (χ1n) is 14.2. The highest BCUT2D eigenvalue weighted by Gasteiger charge is 2.42. The van der Waals surface area contributed by atoms with Crippen LogP contribution in [0.1, 0.15) is 72.8 Å². The number of benzene rings is 1. The second-order valence-corrected chi connectivity index (χ2v) is 14.7. The van der Waals surface area contributed by atoms with Gasteiger partial charge in [0.2, 0.25) is 21.8 Å². The number of nitrogens with zero attached hydrogens (tertiary/aromatic N) is 1. The van der Waals surface area contributed by atoms with E-state index < -0.39 is 44.9 Å². The Morgan fingerprint density at radius 1 is 1.07 bits per heavy atom. The summed E-state index contributed by atoms with van der Waals surface area (Å²) < 4.78 is 26.5. The third-order valence-electron chi connectivity index (χ3n) is 7.64. The van der Waals surface area contributed by atoms with Crippen LogP contribution in [0.2, 0.25) is 0 Å². The topological polar surface area (TPSA) is 125 Å². The summed E-state index contributed by atoms with van der Waals surface area (Å²) in [4.78, 5) is 42.2. The summed E-state index contributed by atoms with van der Waals surface area (Å²) in [6.45, 7) is 11.8. The molecule has 3 amide bonds. The van der Waals surface area contributed by atoms with Crippen LogP contribution < -0.4 is 15.4 Å². The van der Waals surface area contributed by atoms with Crippen LogP contribution in [-0.2, 0) is 29.8 Å². The summed E-state index contributed by atoms with van der Waals surface area (Å²) in [7, 11) is -2.03. The van der Waals surface area contributed by atoms with E-state index in [1.807, 2.05) is 65.0 Å². The number of carbonyl (C=O) groups is 3. The van der Waals surface area contributed by atoms with Crippen LogP contribution in [-0.4, -0.2) is 74.3 Å². The molecular formula is C30H48N4O5S2. The van der Waals surface area contributed by atoms with Crippen LogP contribution in [0.3, 0.4) is 0 Å². The van der Waals surface area contributed by atoms with Crippen LogP contribution in [0.15, 0.2) is 42.0 Å². The van der Waals surface area contributed by atoms with E-state index in [1.165, 1.54) is 0 Å². The Morgan fingerprint density at radius 2 is 1.71 bits per heavy atom. The number of likely N-dealkylation sites (N-methyl/N-ethyl adjacent to an activating group) is 1. The lowest BCUT2D eigenvalue weighted by Gasteiger charge is -2.41. The third-order valence-corrected chi connectivity index (χ3v) is 9.28.